The van der Waals surface area contributed by atoms with Gasteiger partial charge >= 0.3 is 5.97 Å². The van der Waals surface area contributed by atoms with Gasteiger partial charge < -0.3 is 9.52 Å². The molecule has 5 nitrogen and oxygen atoms in total. The van der Waals surface area contributed by atoms with Gasteiger partial charge in [0, 0.05) is 0 Å². The van der Waals surface area contributed by atoms with Crippen LogP contribution in [0.5, 0.6) is 0 Å². The van der Waals surface area contributed by atoms with Crippen molar-refractivity contribution < 1.29 is 14.3 Å². The first kappa shape index (κ1) is 12.1. The zero-order valence-electron chi connectivity index (χ0n) is 10.2. The van der Waals surface area contributed by atoms with Gasteiger partial charge in [-0.05, 0) is 39.8 Å². The molecule has 1 atom stereocenters. The molecule has 1 aromatic heterocycles. The lowest BCUT2D eigenvalue weighted by Gasteiger charge is -2.33. The molecule has 0 radical (unpaired) electrons. The maximum Gasteiger partial charge on any atom is 0.306 e. The predicted molar refractivity (Wildman–Crippen MR) is 61.6 cm³/mol. The van der Waals surface area contributed by atoms with Gasteiger partial charge in [-0.2, -0.15) is 0 Å². The van der Waals surface area contributed by atoms with Gasteiger partial charge in [-0.3, -0.25) is 9.69 Å². The summed E-state index contributed by atoms with van der Waals surface area (Å²) in [6, 6.07) is 0.173. The molecule has 17 heavy (non-hydrogen) atoms. The zero-order chi connectivity index (χ0) is 12.4. The summed E-state index contributed by atoms with van der Waals surface area (Å²) in [6.45, 7) is 5.62. The predicted octanol–water partition coefficient (Wildman–Crippen LogP) is 1.84. The van der Waals surface area contributed by atoms with Gasteiger partial charge in [0.2, 0.25) is 0 Å². The molecule has 1 saturated heterocycles. The Labute approximate surface area is 100 Å². The Morgan fingerprint density at radius 1 is 1.59 bits per heavy atom. The molecule has 0 aliphatic carbocycles. The number of aliphatic carboxylic acids is 1. The molecule has 0 bridgehead atoms. The minimum Gasteiger partial charge on any atom is -0.481 e. The third-order valence-corrected chi connectivity index (χ3v) is 3.59. The van der Waals surface area contributed by atoms with Crippen molar-refractivity contribution in [2.24, 2.45) is 5.92 Å². The molecule has 1 aromatic rings. The van der Waals surface area contributed by atoms with Crippen LogP contribution < -0.4 is 0 Å². The molecular formula is C12H18N2O3. The molecule has 1 unspecified atom stereocenters. The summed E-state index contributed by atoms with van der Waals surface area (Å²) in [5.41, 5.74) is 0.915. The molecule has 2 rings (SSSR count). The van der Waals surface area contributed by atoms with E-state index >= 15 is 0 Å². The molecule has 5 heteroatoms. The molecule has 1 fully saturated rings. The SMILES string of the molecule is Cc1ncoc1C(C)N1CCC(C(=O)O)CC1. The van der Waals surface area contributed by atoms with Crippen LogP contribution in [0.4, 0.5) is 0 Å². The maximum atomic E-state index is 10.9. The molecule has 0 amide bonds. The molecule has 1 aliphatic heterocycles. The summed E-state index contributed by atoms with van der Waals surface area (Å²) in [5, 5.41) is 8.94. The van der Waals surface area contributed by atoms with E-state index in [1.807, 2.05) is 6.92 Å². The molecule has 2 heterocycles. The number of hydrogen-bond acceptors (Lipinski definition) is 4. The Bertz CT molecular complexity index is 394. The Balaban J connectivity index is 1.97. The Kier molecular flexibility index (Phi) is 3.47. The first-order chi connectivity index (χ1) is 8.09. The quantitative estimate of drug-likeness (QED) is 0.870. The molecule has 1 N–H and O–H groups in total. The number of oxazole rings is 1. The van der Waals surface area contributed by atoms with E-state index < -0.39 is 5.97 Å². The number of rotatable bonds is 3. The second-order valence-electron chi connectivity index (χ2n) is 4.63. The van der Waals surface area contributed by atoms with Crippen molar-refractivity contribution in [3.8, 4) is 0 Å². The number of aryl methyl sites for hydroxylation is 1. The molecule has 0 aromatic carbocycles. The second kappa shape index (κ2) is 4.87. The van der Waals surface area contributed by atoms with Crippen molar-refractivity contribution in [1.29, 1.82) is 0 Å². The molecule has 1 aliphatic rings. The van der Waals surface area contributed by atoms with Crippen LogP contribution in [0.3, 0.4) is 0 Å². The van der Waals surface area contributed by atoms with Gasteiger partial charge in [0.15, 0.2) is 6.39 Å². The highest BCUT2D eigenvalue weighted by molar-refractivity contribution is 5.70. The smallest absolute Gasteiger partial charge is 0.306 e. The molecular weight excluding hydrogens is 220 g/mol. The number of carboxylic acid groups (broad SMARTS) is 1. The van der Waals surface area contributed by atoms with Crippen LogP contribution in [0.15, 0.2) is 10.8 Å². The highest BCUT2D eigenvalue weighted by Gasteiger charge is 2.29. The van der Waals surface area contributed by atoms with E-state index in [0.717, 1.165) is 24.5 Å². The average molecular weight is 238 g/mol. The summed E-state index contributed by atoms with van der Waals surface area (Å²) in [6.07, 6.45) is 2.89. The highest BCUT2D eigenvalue weighted by atomic mass is 16.4. The third kappa shape index (κ3) is 2.49. The standard InChI is InChI=1S/C12H18N2O3/c1-8-11(17-7-13-8)9(2)14-5-3-10(4-6-14)12(15)16/h7,9-10H,3-6H2,1-2H3,(H,15,16). The fraction of sp³-hybridized carbons (Fsp3) is 0.667. The van der Waals surface area contributed by atoms with Gasteiger partial charge in [-0.15, -0.1) is 0 Å². The largest absolute Gasteiger partial charge is 0.481 e. The van der Waals surface area contributed by atoms with E-state index in [2.05, 4.69) is 16.8 Å². The van der Waals surface area contributed by atoms with Crippen LogP contribution >= 0.6 is 0 Å². The van der Waals surface area contributed by atoms with Crippen molar-refractivity contribution in [3.63, 3.8) is 0 Å². The van der Waals surface area contributed by atoms with Crippen LogP contribution in [0.25, 0.3) is 0 Å². The van der Waals surface area contributed by atoms with Gasteiger partial charge in [0.05, 0.1) is 17.7 Å². The van der Waals surface area contributed by atoms with Gasteiger partial charge in [0.1, 0.15) is 5.76 Å². The number of likely N-dealkylation sites (tertiary alicyclic amines) is 1. The lowest BCUT2D eigenvalue weighted by molar-refractivity contribution is -0.143. The van der Waals surface area contributed by atoms with Crippen LogP contribution in [0.1, 0.15) is 37.3 Å². The van der Waals surface area contributed by atoms with E-state index in [4.69, 9.17) is 9.52 Å². The van der Waals surface area contributed by atoms with Crippen molar-refractivity contribution in [1.82, 2.24) is 9.88 Å². The number of nitrogens with zero attached hydrogens (tertiary/aromatic N) is 2. The minimum atomic E-state index is -0.673. The summed E-state index contributed by atoms with van der Waals surface area (Å²) in [7, 11) is 0. The van der Waals surface area contributed by atoms with Gasteiger partial charge in [-0.25, -0.2) is 4.98 Å². The first-order valence-corrected chi connectivity index (χ1v) is 5.96. The number of piperidine rings is 1. The normalized spacial score (nSPS) is 20.4. The topological polar surface area (TPSA) is 66.6 Å². The van der Waals surface area contributed by atoms with E-state index in [0.29, 0.717) is 12.8 Å². The van der Waals surface area contributed by atoms with Gasteiger partial charge in [0.25, 0.3) is 0 Å². The van der Waals surface area contributed by atoms with E-state index in [9.17, 15) is 4.79 Å². The lowest BCUT2D eigenvalue weighted by Crippen LogP contribution is -2.37. The first-order valence-electron chi connectivity index (χ1n) is 5.96. The van der Waals surface area contributed by atoms with Crippen molar-refractivity contribution in [2.75, 3.05) is 13.1 Å². The monoisotopic (exact) mass is 238 g/mol. The number of carboxylic acids is 1. The number of carbonyl (C=O) groups is 1. The Hall–Kier alpha value is -1.36. The summed E-state index contributed by atoms with van der Waals surface area (Å²) >= 11 is 0. The van der Waals surface area contributed by atoms with Crippen LogP contribution in [0.2, 0.25) is 0 Å². The van der Waals surface area contributed by atoms with Crippen LogP contribution in [-0.4, -0.2) is 34.0 Å². The Morgan fingerprint density at radius 2 is 2.24 bits per heavy atom. The second-order valence-corrected chi connectivity index (χ2v) is 4.63. The zero-order valence-corrected chi connectivity index (χ0v) is 10.2. The van der Waals surface area contributed by atoms with Crippen LogP contribution in [0, 0.1) is 12.8 Å². The van der Waals surface area contributed by atoms with Crippen LogP contribution in [-0.2, 0) is 4.79 Å². The number of hydrogen-bond donors (Lipinski definition) is 1. The van der Waals surface area contributed by atoms with E-state index in [1.54, 1.807) is 0 Å². The average Bonchev–Trinajstić information content (AvgIpc) is 2.74. The fourth-order valence-electron chi connectivity index (χ4n) is 2.41. The maximum absolute atomic E-state index is 10.9. The fourth-order valence-corrected chi connectivity index (χ4v) is 2.41. The summed E-state index contributed by atoms with van der Waals surface area (Å²) < 4.78 is 5.38. The van der Waals surface area contributed by atoms with Crippen molar-refractivity contribution in [3.05, 3.63) is 17.8 Å². The minimum absolute atomic E-state index is 0.173. The van der Waals surface area contributed by atoms with Crippen molar-refractivity contribution >= 4 is 5.97 Å². The Morgan fingerprint density at radius 3 is 2.71 bits per heavy atom. The third-order valence-electron chi connectivity index (χ3n) is 3.59. The lowest BCUT2D eigenvalue weighted by atomic mass is 9.96. The van der Waals surface area contributed by atoms with E-state index in [1.165, 1.54) is 6.39 Å². The molecule has 0 saturated carbocycles. The number of aromatic nitrogens is 1. The van der Waals surface area contributed by atoms with Gasteiger partial charge in [-0.1, -0.05) is 0 Å². The van der Waals surface area contributed by atoms with E-state index in [-0.39, 0.29) is 12.0 Å². The highest BCUT2D eigenvalue weighted by Crippen LogP contribution is 2.27. The molecule has 0 spiro atoms. The van der Waals surface area contributed by atoms with Crippen molar-refractivity contribution in [2.45, 2.75) is 32.7 Å². The molecule has 94 valence electrons. The summed E-state index contributed by atoms with van der Waals surface area (Å²) in [4.78, 5) is 17.2. The summed E-state index contributed by atoms with van der Waals surface area (Å²) in [5.74, 6) is 0.0289.